The van der Waals surface area contributed by atoms with E-state index in [9.17, 15) is 9.59 Å². The Bertz CT molecular complexity index is 838. The van der Waals surface area contributed by atoms with Crippen molar-refractivity contribution < 1.29 is 4.79 Å². The quantitative estimate of drug-likeness (QED) is 0.854. The van der Waals surface area contributed by atoms with Gasteiger partial charge in [-0.2, -0.15) is 0 Å². The van der Waals surface area contributed by atoms with Crippen molar-refractivity contribution in [3.63, 3.8) is 0 Å². The van der Waals surface area contributed by atoms with Gasteiger partial charge in [-0.25, -0.2) is 0 Å². The van der Waals surface area contributed by atoms with E-state index in [0.717, 1.165) is 12.8 Å². The number of aromatic nitrogens is 2. The van der Waals surface area contributed by atoms with Crippen molar-refractivity contribution in [2.24, 2.45) is 0 Å². The van der Waals surface area contributed by atoms with E-state index < -0.39 is 0 Å². The van der Waals surface area contributed by atoms with Crippen LogP contribution in [-0.4, -0.2) is 33.4 Å². The summed E-state index contributed by atoms with van der Waals surface area (Å²) in [6.07, 6.45) is 1.99. The van der Waals surface area contributed by atoms with Gasteiger partial charge in [-0.3, -0.25) is 14.2 Å². The lowest BCUT2D eigenvalue weighted by Gasteiger charge is -2.24. The summed E-state index contributed by atoms with van der Waals surface area (Å²) in [5.74, 6) is -0.0492. The highest BCUT2D eigenvalue weighted by molar-refractivity contribution is 7.71. The molecule has 0 fully saturated rings. The molecule has 1 heterocycles. The molecule has 0 saturated heterocycles. The average molecular weight is 333 g/mol. The number of aromatic amines is 1. The van der Waals surface area contributed by atoms with Gasteiger partial charge >= 0.3 is 0 Å². The van der Waals surface area contributed by atoms with Crippen LogP contribution in [0.3, 0.4) is 0 Å². The number of carbonyl (C=O) groups is 1. The minimum Gasteiger partial charge on any atom is -0.339 e. The molecule has 0 spiro atoms. The van der Waals surface area contributed by atoms with Crippen molar-refractivity contribution in [2.45, 2.75) is 46.2 Å². The molecule has 6 heteroatoms. The number of carbonyl (C=O) groups excluding carboxylic acids is 1. The third-order valence-electron chi connectivity index (χ3n) is 4.23. The first-order chi connectivity index (χ1) is 10.9. The van der Waals surface area contributed by atoms with E-state index in [-0.39, 0.29) is 17.5 Å². The fourth-order valence-corrected chi connectivity index (χ4v) is 3.01. The van der Waals surface area contributed by atoms with E-state index >= 15 is 0 Å². The maximum atomic E-state index is 12.6. The smallest absolute Gasteiger partial charge is 0.262 e. The van der Waals surface area contributed by atoms with Gasteiger partial charge in [0.25, 0.3) is 11.5 Å². The molecular weight excluding hydrogens is 310 g/mol. The second kappa shape index (κ2) is 7.08. The first kappa shape index (κ1) is 17.4. The molecule has 1 N–H and O–H groups in total. The Kier molecular flexibility index (Phi) is 5.36. The Morgan fingerprint density at radius 2 is 2.09 bits per heavy atom. The molecule has 0 radical (unpaired) electrons. The SMILES string of the molecule is CCCC(C)N(C)C(=O)c1ccc2c(=O)n(CC)c(=S)[nH]c2c1. The fourth-order valence-electron chi connectivity index (χ4n) is 2.69. The van der Waals surface area contributed by atoms with E-state index in [0.29, 0.717) is 27.8 Å². The van der Waals surface area contributed by atoms with Gasteiger partial charge in [-0.15, -0.1) is 0 Å². The van der Waals surface area contributed by atoms with E-state index in [1.807, 2.05) is 20.9 Å². The lowest BCUT2D eigenvalue weighted by molar-refractivity contribution is 0.0737. The third kappa shape index (κ3) is 3.37. The molecule has 124 valence electrons. The number of amides is 1. The maximum absolute atomic E-state index is 12.6. The summed E-state index contributed by atoms with van der Waals surface area (Å²) in [6, 6.07) is 5.29. The molecule has 23 heavy (non-hydrogen) atoms. The molecule has 0 aliphatic rings. The number of fused-ring (bicyclic) bond motifs is 1. The first-order valence-corrected chi connectivity index (χ1v) is 8.35. The largest absolute Gasteiger partial charge is 0.339 e. The number of hydrogen-bond acceptors (Lipinski definition) is 3. The highest BCUT2D eigenvalue weighted by Crippen LogP contribution is 2.15. The lowest BCUT2D eigenvalue weighted by atomic mass is 10.1. The predicted octanol–water partition coefficient (Wildman–Crippen LogP) is 3.34. The van der Waals surface area contributed by atoms with Crippen LogP contribution in [0.25, 0.3) is 10.9 Å². The van der Waals surface area contributed by atoms with Gasteiger partial charge in [0.15, 0.2) is 4.77 Å². The van der Waals surface area contributed by atoms with Crippen molar-refractivity contribution >= 4 is 29.0 Å². The van der Waals surface area contributed by atoms with Crippen molar-refractivity contribution in [1.29, 1.82) is 0 Å². The Labute approximate surface area is 140 Å². The van der Waals surface area contributed by atoms with E-state index in [1.165, 1.54) is 4.57 Å². The van der Waals surface area contributed by atoms with E-state index in [4.69, 9.17) is 12.2 Å². The summed E-state index contributed by atoms with van der Waals surface area (Å²) in [5.41, 5.74) is 1.03. The Morgan fingerprint density at radius 1 is 1.39 bits per heavy atom. The van der Waals surface area contributed by atoms with Gasteiger partial charge in [0.1, 0.15) is 0 Å². The van der Waals surface area contributed by atoms with Gasteiger partial charge < -0.3 is 9.88 Å². The van der Waals surface area contributed by atoms with Crippen LogP contribution in [0.2, 0.25) is 0 Å². The summed E-state index contributed by atoms with van der Waals surface area (Å²) < 4.78 is 1.89. The molecule has 0 bridgehead atoms. The van der Waals surface area contributed by atoms with Crippen LogP contribution in [-0.2, 0) is 6.54 Å². The van der Waals surface area contributed by atoms with Gasteiger partial charge in [-0.05, 0) is 50.7 Å². The summed E-state index contributed by atoms with van der Waals surface area (Å²) in [7, 11) is 1.81. The molecule has 1 atom stereocenters. The zero-order valence-corrected chi connectivity index (χ0v) is 14.9. The minimum absolute atomic E-state index is 0.0492. The van der Waals surface area contributed by atoms with E-state index in [2.05, 4.69) is 11.9 Å². The normalized spacial score (nSPS) is 12.3. The van der Waals surface area contributed by atoms with Crippen LogP contribution in [0.15, 0.2) is 23.0 Å². The van der Waals surface area contributed by atoms with Crippen LogP contribution in [0.1, 0.15) is 44.0 Å². The monoisotopic (exact) mass is 333 g/mol. The minimum atomic E-state index is -0.127. The summed E-state index contributed by atoms with van der Waals surface area (Å²) in [4.78, 5) is 29.8. The number of nitrogens with one attached hydrogen (secondary N) is 1. The summed E-state index contributed by atoms with van der Waals surface area (Å²) >= 11 is 5.21. The Balaban J connectivity index is 2.47. The van der Waals surface area contributed by atoms with Crippen LogP contribution in [0.5, 0.6) is 0 Å². The number of benzene rings is 1. The molecule has 5 nitrogen and oxygen atoms in total. The maximum Gasteiger partial charge on any atom is 0.262 e. The van der Waals surface area contributed by atoms with Crippen LogP contribution >= 0.6 is 12.2 Å². The van der Waals surface area contributed by atoms with Crippen LogP contribution in [0.4, 0.5) is 0 Å². The summed E-state index contributed by atoms with van der Waals surface area (Å²) in [6.45, 7) is 6.53. The Morgan fingerprint density at radius 3 is 2.70 bits per heavy atom. The topological polar surface area (TPSA) is 58.1 Å². The van der Waals surface area contributed by atoms with E-state index in [1.54, 1.807) is 23.1 Å². The van der Waals surface area contributed by atoms with Crippen molar-refractivity contribution in [3.05, 3.63) is 38.9 Å². The first-order valence-electron chi connectivity index (χ1n) is 7.94. The van der Waals surface area contributed by atoms with Crippen LogP contribution < -0.4 is 5.56 Å². The predicted molar refractivity (Wildman–Crippen MR) is 95.5 cm³/mol. The van der Waals surface area contributed by atoms with Crippen molar-refractivity contribution in [3.8, 4) is 0 Å². The van der Waals surface area contributed by atoms with Crippen LogP contribution in [0, 0.1) is 4.77 Å². The van der Waals surface area contributed by atoms with Crippen molar-refractivity contribution in [1.82, 2.24) is 14.5 Å². The van der Waals surface area contributed by atoms with Gasteiger partial charge in [-0.1, -0.05) is 13.3 Å². The highest BCUT2D eigenvalue weighted by Gasteiger charge is 2.17. The lowest BCUT2D eigenvalue weighted by Crippen LogP contribution is -2.35. The molecular formula is C17H23N3O2S. The van der Waals surface area contributed by atoms with Gasteiger partial charge in [0.05, 0.1) is 10.9 Å². The second-order valence-corrected chi connectivity index (χ2v) is 6.18. The number of hydrogen-bond donors (Lipinski definition) is 1. The Hall–Kier alpha value is -1.95. The third-order valence-corrected chi connectivity index (χ3v) is 4.56. The second-order valence-electron chi connectivity index (χ2n) is 5.79. The average Bonchev–Trinajstić information content (AvgIpc) is 2.53. The molecule has 0 aliphatic heterocycles. The molecule has 2 rings (SSSR count). The van der Waals surface area contributed by atoms with Gasteiger partial charge in [0, 0.05) is 25.2 Å². The molecule has 0 saturated carbocycles. The number of nitrogens with zero attached hydrogens (tertiary/aromatic N) is 2. The number of H-pyrrole nitrogens is 1. The molecule has 2 aromatic rings. The molecule has 0 aliphatic carbocycles. The zero-order chi connectivity index (χ0) is 17.1. The standard InChI is InChI=1S/C17H23N3O2S/c1-5-7-11(3)19(4)15(21)12-8-9-13-14(10-12)18-17(23)20(6-2)16(13)22/h8-11H,5-7H2,1-4H3,(H,18,23). The van der Waals surface area contributed by atoms with Crippen molar-refractivity contribution in [2.75, 3.05) is 7.05 Å². The molecule has 1 amide bonds. The fraction of sp³-hybridized carbons (Fsp3) is 0.471. The number of rotatable bonds is 5. The molecule has 1 unspecified atom stereocenters. The molecule has 1 aromatic carbocycles. The zero-order valence-electron chi connectivity index (χ0n) is 14.0. The summed E-state index contributed by atoms with van der Waals surface area (Å²) in [5, 5.41) is 0.543. The molecule has 1 aromatic heterocycles. The highest BCUT2D eigenvalue weighted by atomic mass is 32.1. The van der Waals surface area contributed by atoms with Gasteiger partial charge in [0.2, 0.25) is 0 Å².